The van der Waals surface area contributed by atoms with Gasteiger partial charge in [-0.1, -0.05) is 0 Å². The molecule has 0 aromatic heterocycles. The van der Waals surface area contributed by atoms with E-state index in [1.54, 1.807) is 0 Å². The summed E-state index contributed by atoms with van der Waals surface area (Å²) in [6.45, 7) is 4.84. The standard InChI is InChI=1S/C8H15O.CH3.Ce/c1-4-8(5-6-9)7(2)3;;/h6,8-9H,1,4-5H2,2-3H3;1H3;. The monoisotopic (exact) mass is 282 g/mol. The summed E-state index contributed by atoms with van der Waals surface area (Å²) < 4.78 is 4.72. The Bertz CT molecular complexity index is 190. The van der Waals surface area contributed by atoms with Gasteiger partial charge in [-0.2, -0.15) is 0 Å². The van der Waals surface area contributed by atoms with Crippen LogP contribution >= 0.6 is 0 Å². The van der Waals surface area contributed by atoms with Crippen LogP contribution in [-0.2, 0) is 0 Å². The van der Waals surface area contributed by atoms with Crippen molar-refractivity contribution in [3.63, 3.8) is 0 Å². The van der Waals surface area contributed by atoms with E-state index in [9.17, 15) is 5.11 Å². The number of fused-ring (bicyclic) bond motifs is 2. The van der Waals surface area contributed by atoms with Crippen LogP contribution in [0.15, 0.2) is 0 Å². The Morgan fingerprint density at radius 2 is 2.09 bits per heavy atom. The zero-order valence-corrected chi connectivity index (χ0v) is 10.9. The summed E-state index contributed by atoms with van der Waals surface area (Å²) in [5, 5.41) is 9.91. The molecule has 0 aliphatic carbocycles. The van der Waals surface area contributed by atoms with Crippen LogP contribution in [0.5, 0.6) is 0 Å². The van der Waals surface area contributed by atoms with Gasteiger partial charge in [-0.25, -0.2) is 0 Å². The molecule has 0 amide bonds. The summed E-state index contributed by atoms with van der Waals surface area (Å²) in [5.41, 5.74) is 0. The molecule has 2 heteroatoms. The molecule has 2 bridgehead atoms. The molecule has 0 spiro atoms. The topological polar surface area (TPSA) is 20.2 Å². The van der Waals surface area contributed by atoms with Crippen LogP contribution in [0.1, 0.15) is 26.7 Å². The van der Waals surface area contributed by atoms with Crippen LogP contribution in [0, 0.1) is 39.3 Å². The third-order valence-electron chi connectivity index (χ3n) is 4.75. The van der Waals surface area contributed by atoms with Crippen LogP contribution < -0.4 is 0 Å². The number of hydrogen-bond acceptors (Lipinski definition) is 1. The Morgan fingerprint density at radius 3 is 2.27 bits per heavy atom. The molecule has 2 heterocycles. The van der Waals surface area contributed by atoms with E-state index in [0.29, 0.717) is 0.933 Å². The second-order valence-corrected chi connectivity index (χ2v) is 21.7. The summed E-state index contributed by atoms with van der Waals surface area (Å²) in [6.07, 6.45) is 2.58. The Balaban J connectivity index is 2.40. The van der Waals surface area contributed by atoms with Crippen molar-refractivity contribution in [1.29, 1.82) is 0 Å². The molecule has 2 aliphatic heterocycles. The van der Waals surface area contributed by atoms with E-state index in [1.165, 1.54) is 8.36 Å². The van der Waals surface area contributed by atoms with Crippen molar-refractivity contribution in [2.45, 2.75) is 33.6 Å². The van der Waals surface area contributed by atoms with Gasteiger partial charge in [0.05, 0.1) is 0 Å². The Labute approximate surface area is 77.0 Å². The molecule has 0 aromatic carbocycles. The normalized spacial score (nSPS) is 53.5. The maximum atomic E-state index is 9.91. The number of rotatable bonds is 0. The van der Waals surface area contributed by atoms with Crippen molar-refractivity contribution in [3.8, 4) is 0 Å². The van der Waals surface area contributed by atoms with Crippen molar-refractivity contribution >= 4 is 0 Å². The van der Waals surface area contributed by atoms with Gasteiger partial charge in [-0.3, -0.25) is 0 Å². The molecule has 64 valence electrons. The molecule has 11 heavy (non-hydrogen) atoms. The molecule has 3 unspecified atom stereocenters. The molecule has 3 atom stereocenters. The summed E-state index contributed by atoms with van der Waals surface area (Å²) in [6, 6.07) is 0. The van der Waals surface area contributed by atoms with Crippen molar-refractivity contribution in [2.24, 2.45) is 5.92 Å². The summed E-state index contributed by atoms with van der Waals surface area (Å²) in [7, 11) is 0. The van der Waals surface area contributed by atoms with Crippen molar-refractivity contribution < 1.29 is 38.5 Å². The summed E-state index contributed by atoms with van der Waals surface area (Å²) in [4.78, 5) is 0. The average Bonchev–Trinajstić information content (AvgIpc) is 2.20. The average molecular weight is 282 g/mol. The SMILES string of the molecule is C[C]1(C)C2C[CH2][Ce]1([CH3])[CH](O)C2. The van der Waals surface area contributed by atoms with Crippen LogP contribution in [0.2, 0.25) is 5.31 Å². The number of hydrogen-bond donors (Lipinski definition) is 1. The minimum atomic E-state index is -2.15. The molecule has 2 rings (SSSR count). The second-order valence-electron chi connectivity index (χ2n) is 5.13. The van der Waals surface area contributed by atoms with Gasteiger partial charge in [0.15, 0.2) is 0 Å². The summed E-state index contributed by atoms with van der Waals surface area (Å²) in [5.74, 6) is 0.879. The fourth-order valence-electron chi connectivity index (χ4n) is 3.16. The Hall–Kier alpha value is 1.34. The van der Waals surface area contributed by atoms with E-state index in [0.717, 1.165) is 12.3 Å². The Kier molecular flexibility index (Phi) is 1.97. The van der Waals surface area contributed by atoms with Gasteiger partial charge < -0.3 is 0 Å². The van der Waals surface area contributed by atoms with Gasteiger partial charge in [-0.15, -0.1) is 0 Å². The molecular formula is C9H18CeO. The Morgan fingerprint density at radius 1 is 1.45 bits per heavy atom. The van der Waals surface area contributed by atoms with Gasteiger partial charge in [0.1, 0.15) is 0 Å². The molecule has 1 N–H and O–H groups in total. The van der Waals surface area contributed by atoms with E-state index in [-0.39, 0.29) is 1.62 Å². The van der Waals surface area contributed by atoms with Crippen molar-refractivity contribution in [3.05, 3.63) is 0 Å². The van der Waals surface area contributed by atoms with E-state index in [4.69, 9.17) is 0 Å². The molecule has 2 aliphatic rings. The first-order valence-electron chi connectivity index (χ1n) is 4.66. The third-order valence-corrected chi connectivity index (χ3v) is 24.8. The minimum absolute atomic E-state index is 0.191. The predicted molar refractivity (Wildman–Crippen MR) is 43.4 cm³/mol. The first-order valence-corrected chi connectivity index (χ1v) is 13.4. The number of aliphatic hydroxyl groups excluding tert-OH is 1. The summed E-state index contributed by atoms with van der Waals surface area (Å²) >= 11 is -2.15. The van der Waals surface area contributed by atoms with Crippen molar-refractivity contribution in [2.75, 3.05) is 0 Å². The van der Waals surface area contributed by atoms with Gasteiger partial charge in [0.25, 0.3) is 0 Å². The first-order chi connectivity index (χ1) is 4.98. The molecule has 2 fully saturated rings. The van der Waals surface area contributed by atoms with E-state index >= 15 is 0 Å². The quantitative estimate of drug-likeness (QED) is 0.724. The van der Waals surface area contributed by atoms with Crippen LogP contribution in [-0.4, -0.2) is 6.73 Å². The molecule has 2 saturated heterocycles. The van der Waals surface area contributed by atoms with Gasteiger partial charge in [0.2, 0.25) is 0 Å². The molecular weight excluding hydrogens is 264 g/mol. The fraction of sp³-hybridized carbons (Fsp3) is 1.00. The zero-order valence-electron chi connectivity index (χ0n) is 7.72. The maximum absolute atomic E-state index is 9.91. The van der Waals surface area contributed by atoms with Gasteiger partial charge in [-0.05, 0) is 0 Å². The molecule has 0 radical (unpaired) electrons. The molecule has 1 nitrogen and oxygen atoms in total. The van der Waals surface area contributed by atoms with E-state index in [1.807, 2.05) is 0 Å². The fourth-order valence-corrected chi connectivity index (χ4v) is 18.2. The first kappa shape index (κ1) is 8.91. The number of aliphatic hydroxyl groups is 1. The van der Waals surface area contributed by atoms with Crippen LogP contribution in [0.3, 0.4) is 0 Å². The van der Waals surface area contributed by atoms with Crippen LogP contribution in [0.25, 0.3) is 0 Å². The zero-order chi connectivity index (χ0) is 8.28. The predicted octanol–water partition coefficient (Wildman–Crippen LogP) is 2.55. The van der Waals surface area contributed by atoms with Gasteiger partial charge in [0, 0.05) is 0 Å². The third kappa shape index (κ3) is 0.945. The molecule has 0 saturated carbocycles. The second kappa shape index (κ2) is 2.43. The van der Waals surface area contributed by atoms with E-state index in [2.05, 4.69) is 16.3 Å². The van der Waals surface area contributed by atoms with Crippen LogP contribution in [0.4, 0.5) is 0 Å². The van der Waals surface area contributed by atoms with E-state index < -0.39 is 33.4 Å². The molecule has 0 aromatic rings. The van der Waals surface area contributed by atoms with Crippen molar-refractivity contribution in [1.82, 2.24) is 0 Å². The van der Waals surface area contributed by atoms with Gasteiger partial charge >= 0.3 is 78.0 Å².